The highest BCUT2D eigenvalue weighted by atomic mass is 35.5. The molecule has 0 radical (unpaired) electrons. The van der Waals surface area contributed by atoms with Gasteiger partial charge in [-0.15, -0.1) is 0 Å². The smallest absolute Gasteiger partial charge is 0.356 e. The summed E-state index contributed by atoms with van der Waals surface area (Å²) in [7, 11) is 0. The summed E-state index contributed by atoms with van der Waals surface area (Å²) in [5.74, 6) is 0.294. The van der Waals surface area contributed by atoms with E-state index >= 15 is 0 Å². The molecule has 0 saturated heterocycles. The zero-order valence-corrected chi connectivity index (χ0v) is 23.6. The van der Waals surface area contributed by atoms with Crippen LogP contribution in [-0.2, 0) is 17.6 Å². The van der Waals surface area contributed by atoms with Gasteiger partial charge in [-0.05, 0) is 93.3 Å². The van der Waals surface area contributed by atoms with Crippen molar-refractivity contribution in [1.82, 2.24) is 15.0 Å². The van der Waals surface area contributed by atoms with E-state index in [1.165, 1.54) is 0 Å². The third kappa shape index (κ3) is 7.34. The number of hydrogen-bond donors (Lipinski definition) is 3. The second-order valence-electron chi connectivity index (χ2n) is 9.94. The number of esters is 1. The molecule has 9 nitrogen and oxygen atoms in total. The van der Waals surface area contributed by atoms with Gasteiger partial charge in [-0.1, -0.05) is 17.7 Å². The summed E-state index contributed by atoms with van der Waals surface area (Å²) in [6.45, 7) is 4.62. The first-order valence-electron chi connectivity index (χ1n) is 13.7. The number of nitrogens with zero attached hydrogens (tertiary/aromatic N) is 3. The molecule has 6 rings (SSSR count). The summed E-state index contributed by atoms with van der Waals surface area (Å²) in [5, 5.41) is 29.4. The average molecular weight is 570 g/mol. The Morgan fingerprint density at radius 1 is 1.00 bits per heavy atom. The molecule has 2 aliphatic carbocycles. The molecule has 0 fully saturated rings. The minimum absolute atomic E-state index is 0.295. The van der Waals surface area contributed by atoms with Crippen LogP contribution in [0, 0.1) is 6.92 Å². The number of pyridine rings is 3. The van der Waals surface area contributed by atoms with Gasteiger partial charge < -0.3 is 24.8 Å². The van der Waals surface area contributed by atoms with Crippen molar-refractivity contribution < 1.29 is 29.6 Å². The number of rotatable bonds is 2. The Morgan fingerprint density at radius 3 is 2.48 bits per heavy atom. The molecule has 3 aromatic rings. The van der Waals surface area contributed by atoms with Crippen molar-refractivity contribution in [2.45, 2.75) is 77.1 Å². The fourth-order valence-electron chi connectivity index (χ4n) is 5.04. The van der Waals surface area contributed by atoms with Gasteiger partial charge >= 0.3 is 5.97 Å². The lowest BCUT2D eigenvalue weighted by atomic mass is 9.90. The van der Waals surface area contributed by atoms with Gasteiger partial charge in [-0.3, -0.25) is 4.98 Å². The fourth-order valence-corrected chi connectivity index (χ4v) is 5.19. The number of aliphatic hydroxyl groups excluding tert-OH is 3. The van der Waals surface area contributed by atoms with Gasteiger partial charge in [0.15, 0.2) is 0 Å². The minimum atomic E-state index is -0.549. The molecule has 3 aliphatic rings. The van der Waals surface area contributed by atoms with Crippen molar-refractivity contribution in [2.75, 3.05) is 13.2 Å². The van der Waals surface area contributed by atoms with Crippen molar-refractivity contribution in [3.63, 3.8) is 0 Å². The Balaban J connectivity index is 0.000000143. The van der Waals surface area contributed by atoms with E-state index in [0.29, 0.717) is 54.0 Å². The number of aliphatic hydroxyl groups is 3. The van der Waals surface area contributed by atoms with Crippen LogP contribution in [0.3, 0.4) is 0 Å². The maximum absolute atomic E-state index is 11.6. The Morgan fingerprint density at radius 2 is 1.73 bits per heavy atom. The molecule has 0 spiro atoms. The van der Waals surface area contributed by atoms with Gasteiger partial charge in [0.25, 0.3) is 0 Å². The van der Waals surface area contributed by atoms with E-state index < -0.39 is 24.3 Å². The summed E-state index contributed by atoms with van der Waals surface area (Å²) in [5.41, 5.74) is 5.61. The van der Waals surface area contributed by atoms with Crippen molar-refractivity contribution in [1.29, 1.82) is 0 Å². The molecule has 214 valence electrons. The second kappa shape index (κ2) is 14.0. The SMILES string of the molecule is CCOC(=O)c1cc(C)c2c(n1)C(O)CCC2.OC1CCCc2ccc(Cl)nc21.OC1CCOc2cccnc21. The van der Waals surface area contributed by atoms with E-state index in [1.54, 1.807) is 31.3 Å². The molecule has 1 aliphatic heterocycles. The summed E-state index contributed by atoms with van der Waals surface area (Å²) >= 11 is 5.72. The van der Waals surface area contributed by atoms with Crippen LogP contribution in [0.2, 0.25) is 5.15 Å². The zero-order valence-electron chi connectivity index (χ0n) is 22.8. The number of aromatic nitrogens is 3. The van der Waals surface area contributed by atoms with Crippen LogP contribution in [-0.4, -0.2) is 49.5 Å². The van der Waals surface area contributed by atoms with E-state index in [2.05, 4.69) is 15.0 Å². The van der Waals surface area contributed by atoms with Crippen LogP contribution >= 0.6 is 11.6 Å². The van der Waals surface area contributed by atoms with E-state index in [-0.39, 0.29) is 0 Å². The van der Waals surface area contributed by atoms with E-state index in [4.69, 9.17) is 21.1 Å². The molecule has 3 atom stereocenters. The van der Waals surface area contributed by atoms with E-state index in [9.17, 15) is 20.1 Å². The van der Waals surface area contributed by atoms with Crippen LogP contribution in [0.1, 0.15) is 102 Å². The first-order valence-corrected chi connectivity index (χ1v) is 14.1. The number of carbonyl (C=O) groups excluding carboxylic acids is 1. The van der Waals surface area contributed by atoms with Crippen molar-refractivity contribution in [3.8, 4) is 5.75 Å². The lowest BCUT2D eigenvalue weighted by Crippen LogP contribution is -2.17. The molecule has 40 heavy (non-hydrogen) atoms. The lowest BCUT2D eigenvalue weighted by Gasteiger charge is -2.22. The van der Waals surface area contributed by atoms with E-state index in [0.717, 1.165) is 54.5 Å². The van der Waals surface area contributed by atoms with Crippen LogP contribution in [0.15, 0.2) is 36.5 Å². The monoisotopic (exact) mass is 569 g/mol. The summed E-state index contributed by atoms with van der Waals surface area (Å²) < 4.78 is 10.2. The van der Waals surface area contributed by atoms with Gasteiger partial charge in [0.05, 0.1) is 36.8 Å². The predicted octanol–water partition coefficient (Wildman–Crippen LogP) is 4.94. The molecule has 3 N–H and O–H groups in total. The number of aryl methyl sites for hydroxylation is 2. The molecular weight excluding hydrogens is 534 g/mol. The molecule has 3 aromatic heterocycles. The zero-order chi connectivity index (χ0) is 28.6. The molecule has 4 heterocycles. The van der Waals surface area contributed by atoms with Gasteiger partial charge in [0, 0.05) is 12.6 Å². The topological polar surface area (TPSA) is 135 Å². The number of fused-ring (bicyclic) bond motifs is 3. The Hall–Kier alpha value is -3.11. The first kappa shape index (κ1) is 29.9. The Kier molecular flexibility index (Phi) is 10.4. The average Bonchev–Trinajstić information content (AvgIpc) is 2.95. The molecule has 0 saturated carbocycles. The van der Waals surface area contributed by atoms with Crippen LogP contribution in [0.25, 0.3) is 0 Å². The summed E-state index contributed by atoms with van der Waals surface area (Å²) in [6, 6.07) is 9.10. The molecular formula is C30H36ClN3O6. The third-order valence-electron chi connectivity index (χ3n) is 7.07. The molecule has 0 bridgehead atoms. The third-order valence-corrected chi connectivity index (χ3v) is 7.28. The molecule has 0 amide bonds. The quantitative estimate of drug-likeness (QED) is 0.290. The van der Waals surface area contributed by atoms with Crippen molar-refractivity contribution in [2.24, 2.45) is 0 Å². The summed E-state index contributed by atoms with van der Waals surface area (Å²) in [4.78, 5) is 24.0. The second-order valence-corrected chi connectivity index (χ2v) is 10.3. The maximum Gasteiger partial charge on any atom is 0.356 e. The predicted molar refractivity (Wildman–Crippen MR) is 149 cm³/mol. The standard InChI is InChI=1S/C13H17NO3.C9H10ClNO.C8H9NO2/c1-3-17-13(16)10-7-8(2)9-5-4-6-11(15)12(9)14-10;10-8-5-4-6-2-1-3-7(12)9(6)11-8;10-6-3-5-11-7-2-1-4-9-8(6)7/h7,11,15H,3-6H2,1-2H3;4-5,7,12H,1-3H2;1-2,4,6,10H,3,5H2. The minimum Gasteiger partial charge on any atom is -0.491 e. The number of ether oxygens (including phenoxy) is 2. The lowest BCUT2D eigenvalue weighted by molar-refractivity contribution is 0.0517. The van der Waals surface area contributed by atoms with Gasteiger partial charge in [0.2, 0.25) is 0 Å². The van der Waals surface area contributed by atoms with Gasteiger partial charge in [-0.25, -0.2) is 14.8 Å². The number of halogens is 1. The van der Waals surface area contributed by atoms with Crippen molar-refractivity contribution >= 4 is 17.6 Å². The van der Waals surface area contributed by atoms with Crippen LogP contribution < -0.4 is 4.74 Å². The Labute approximate surface area is 239 Å². The van der Waals surface area contributed by atoms with Gasteiger partial charge in [0.1, 0.15) is 28.4 Å². The van der Waals surface area contributed by atoms with Crippen molar-refractivity contribution in [3.05, 3.63) is 81.1 Å². The first-order chi connectivity index (χ1) is 19.3. The van der Waals surface area contributed by atoms with Crippen LogP contribution in [0.5, 0.6) is 5.75 Å². The molecule has 0 aromatic carbocycles. The maximum atomic E-state index is 11.6. The highest BCUT2D eigenvalue weighted by Crippen LogP contribution is 2.31. The molecule has 3 unspecified atom stereocenters. The largest absolute Gasteiger partial charge is 0.491 e. The highest BCUT2D eigenvalue weighted by Gasteiger charge is 2.24. The van der Waals surface area contributed by atoms with Crippen LogP contribution in [0.4, 0.5) is 0 Å². The fraction of sp³-hybridized carbons (Fsp3) is 0.467. The molecule has 10 heteroatoms. The summed E-state index contributed by atoms with van der Waals surface area (Å²) in [6.07, 6.45) is 6.36. The highest BCUT2D eigenvalue weighted by molar-refractivity contribution is 6.29. The van der Waals surface area contributed by atoms with E-state index in [1.807, 2.05) is 19.1 Å². The normalized spacial score (nSPS) is 20.6. The van der Waals surface area contributed by atoms with Gasteiger partial charge in [-0.2, -0.15) is 0 Å². The number of carbonyl (C=O) groups is 1. The number of hydrogen-bond acceptors (Lipinski definition) is 9. The Bertz CT molecular complexity index is 1320.